The number of carbonyl (C=O) groups is 1. The van der Waals surface area contributed by atoms with Gasteiger partial charge < -0.3 is 15.3 Å². The minimum absolute atomic E-state index is 0.0371. The summed E-state index contributed by atoms with van der Waals surface area (Å²) in [5.74, 6) is 0.0371. The van der Waals surface area contributed by atoms with Crippen LogP contribution < -0.4 is 5.32 Å². The average molecular weight is 266 g/mol. The zero-order valence-electron chi connectivity index (χ0n) is 10.8. The fourth-order valence-electron chi connectivity index (χ4n) is 2.00. The molecule has 0 fully saturated rings. The predicted octanol–water partition coefficient (Wildman–Crippen LogP) is 1.71. The maximum atomic E-state index is 11.6. The van der Waals surface area contributed by atoms with Gasteiger partial charge in [-0.25, -0.2) is 0 Å². The van der Waals surface area contributed by atoms with Crippen molar-refractivity contribution in [2.75, 3.05) is 26.0 Å². The third-order valence-corrected chi connectivity index (χ3v) is 4.29. The molecule has 0 aromatic heterocycles. The number of likely N-dealkylation sites (N-methyl/N-ethyl adjacent to an activating group) is 1. The van der Waals surface area contributed by atoms with Gasteiger partial charge in [0.25, 0.3) is 0 Å². The van der Waals surface area contributed by atoms with Gasteiger partial charge in [-0.1, -0.05) is 6.07 Å². The Morgan fingerprint density at radius 2 is 2.22 bits per heavy atom. The number of nitrogens with one attached hydrogen (secondary N) is 1. The van der Waals surface area contributed by atoms with Gasteiger partial charge in [0.1, 0.15) is 0 Å². The van der Waals surface area contributed by atoms with Gasteiger partial charge in [0.15, 0.2) is 0 Å². The molecule has 1 aromatic rings. The lowest BCUT2D eigenvalue weighted by Crippen LogP contribution is -2.27. The molecule has 1 aliphatic rings. The first-order valence-corrected chi connectivity index (χ1v) is 6.79. The van der Waals surface area contributed by atoms with Gasteiger partial charge in [0.05, 0.1) is 23.6 Å². The molecule has 0 aliphatic carbocycles. The highest BCUT2D eigenvalue weighted by atomic mass is 32.2. The minimum Gasteiger partial charge on any atom is -0.394 e. The Labute approximate surface area is 111 Å². The van der Waals surface area contributed by atoms with Crippen LogP contribution in [0, 0.1) is 0 Å². The van der Waals surface area contributed by atoms with Crippen molar-refractivity contribution in [3.05, 3.63) is 23.8 Å². The minimum atomic E-state index is -0.0502. The lowest BCUT2D eigenvalue weighted by atomic mass is 10.1. The van der Waals surface area contributed by atoms with Crippen molar-refractivity contribution in [1.29, 1.82) is 0 Å². The summed E-state index contributed by atoms with van der Waals surface area (Å²) >= 11 is 1.57. The van der Waals surface area contributed by atoms with Crippen molar-refractivity contribution in [1.82, 2.24) is 4.90 Å². The molecule has 1 amide bonds. The molecule has 0 bridgehead atoms. The lowest BCUT2D eigenvalue weighted by molar-refractivity contribution is -0.115. The molecular formula is C13H18N2O2S. The van der Waals surface area contributed by atoms with E-state index in [-0.39, 0.29) is 23.8 Å². The van der Waals surface area contributed by atoms with Gasteiger partial charge in [-0.2, -0.15) is 0 Å². The summed E-state index contributed by atoms with van der Waals surface area (Å²) in [6, 6.07) is 5.93. The number of hydrogen-bond donors (Lipinski definition) is 2. The molecule has 0 saturated carbocycles. The maximum absolute atomic E-state index is 11.6. The van der Waals surface area contributed by atoms with Crippen molar-refractivity contribution >= 4 is 23.4 Å². The zero-order valence-corrected chi connectivity index (χ0v) is 11.6. The standard InChI is InChI=1S/C13H18N2O2S/c1-8-13(17)14-10-6-9(4-5-12(10)18-8)11(7-16)15(2)3/h4-6,8,11,16H,7H2,1-3H3,(H,14,17). The normalized spacial score (nSPS) is 20.5. The van der Waals surface area contributed by atoms with E-state index in [4.69, 9.17) is 0 Å². The molecule has 1 aliphatic heterocycles. The van der Waals surface area contributed by atoms with Crippen molar-refractivity contribution in [2.24, 2.45) is 0 Å². The van der Waals surface area contributed by atoms with Crippen LogP contribution in [0.3, 0.4) is 0 Å². The van der Waals surface area contributed by atoms with E-state index in [2.05, 4.69) is 5.32 Å². The van der Waals surface area contributed by atoms with Crippen molar-refractivity contribution in [3.8, 4) is 0 Å². The van der Waals surface area contributed by atoms with Crippen LogP contribution in [0.4, 0.5) is 5.69 Å². The first-order chi connectivity index (χ1) is 8.52. The van der Waals surface area contributed by atoms with E-state index in [1.165, 1.54) is 0 Å². The van der Waals surface area contributed by atoms with E-state index >= 15 is 0 Å². The fourth-order valence-corrected chi connectivity index (χ4v) is 2.93. The van der Waals surface area contributed by atoms with Gasteiger partial charge >= 0.3 is 0 Å². The maximum Gasteiger partial charge on any atom is 0.237 e. The molecule has 0 spiro atoms. The van der Waals surface area contributed by atoms with Crippen molar-refractivity contribution in [2.45, 2.75) is 23.1 Å². The van der Waals surface area contributed by atoms with Gasteiger partial charge in [0, 0.05) is 4.90 Å². The number of anilines is 1. The molecular weight excluding hydrogens is 248 g/mol. The first-order valence-electron chi connectivity index (χ1n) is 5.91. The van der Waals surface area contributed by atoms with Crippen LogP contribution in [0.15, 0.2) is 23.1 Å². The molecule has 0 radical (unpaired) electrons. The van der Waals surface area contributed by atoms with Gasteiger partial charge in [-0.05, 0) is 38.7 Å². The number of carbonyl (C=O) groups excluding carboxylic acids is 1. The molecule has 2 unspecified atom stereocenters. The third kappa shape index (κ3) is 2.53. The highest BCUT2D eigenvalue weighted by molar-refractivity contribution is 8.00. The second-order valence-corrected chi connectivity index (χ2v) is 6.05. The number of nitrogens with zero attached hydrogens (tertiary/aromatic N) is 1. The molecule has 18 heavy (non-hydrogen) atoms. The fraction of sp³-hybridized carbons (Fsp3) is 0.462. The van der Waals surface area contributed by atoms with E-state index in [9.17, 15) is 9.90 Å². The second-order valence-electron chi connectivity index (χ2n) is 4.67. The predicted molar refractivity (Wildman–Crippen MR) is 73.9 cm³/mol. The van der Waals surface area contributed by atoms with Crippen LogP contribution in [0.25, 0.3) is 0 Å². The van der Waals surface area contributed by atoms with Crippen LogP contribution >= 0.6 is 11.8 Å². The van der Waals surface area contributed by atoms with Crippen LogP contribution in [-0.2, 0) is 4.79 Å². The van der Waals surface area contributed by atoms with Crippen molar-refractivity contribution in [3.63, 3.8) is 0 Å². The summed E-state index contributed by atoms with van der Waals surface area (Å²) < 4.78 is 0. The Kier molecular flexibility index (Phi) is 3.94. The molecule has 2 atom stereocenters. The molecule has 1 heterocycles. The number of aliphatic hydroxyl groups excluding tert-OH is 1. The molecule has 4 nitrogen and oxygen atoms in total. The second kappa shape index (κ2) is 5.30. The average Bonchev–Trinajstić information content (AvgIpc) is 2.31. The van der Waals surface area contributed by atoms with Gasteiger partial charge in [-0.3, -0.25) is 4.79 Å². The summed E-state index contributed by atoms with van der Waals surface area (Å²) in [7, 11) is 3.85. The third-order valence-electron chi connectivity index (χ3n) is 3.12. The number of aliphatic hydroxyl groups is 1. The topological polar surface area (TPSA) is 52.6 Å². The van der Waals surface area contributed by atoms with Gasteiger partial charge in [0.2, 0.25) is 5.91 Å². The smallest absolute Gasteiger partial charge is 0.237 e. The quantitative estimate of drug-likeness (QED) is 0.874. The Bertz CT molecular complexity index is 462. The summed E-state index contributed by atoms with van der Waals surface area (Å²) in [5.41, 5.74) is 1.86. The van der Waals surface area contributed by atoms with E-state index in [1.807, 2.05) is 44.1 Å². The molecule has 1 aromatic carbocycles. The summed E-state index contributed by atoms with van der Waals surface area (Å²) in [5, 5.41) is 12.3. The monoisotopic (exact) mass is 266 g/mol. The lowest BCUT2D eigenvalue weighted by Gasteiger charge is -2.26. The van der Waals surface area contributed by atoms with Crippen LogP contribution in [0.1, 0.15) is 18.5 Å². The Morgan fingerprint density at radius 1 is 1.50 bits per heavy atom. The summed E-state index contributed by atoms with van der Waals surface area (Å²) in [6.07, 6.45) is 0. The highest BCUT2D eigenvalue weighted by Crippen LogP contribution is 2.37. The van der Waals surface area contributed by atoms with Gasteiger partial charge in [-0.15, -0.1) is 11.8 Å². The Morgan fingerprint density at radius 3 is 2.83 bits per heavy atom. The molecule has 2 N–H and O–H groups in total. The first kappa shape index (κ1) is 13.4. The number of rotatable bonds is 3. The Hall–Kier alpha value is -1.04. The largest absolute Gasteiger partial charge is 0.394 e. The molecule has 2 rings (SSSR count). The molecule has 98 valence electrons. The number of amides is 1. The summed E-state index contributed by atoms with van der Waals surface area (Å²) in [6.45, 7) is 1.95. The molecule has 0 saturated heterocycles. The summed E-state index contributed by atoms with van der Waals surface area (Å²) in [4.78, 5) is 14.7. The Balaban J connectivity index is 2.32. The number of hydrogen-bond acceptors (Lipinski definition) is 4. The van der Waals surface area contributed by atoms with Crippen LogP contribution in [0.2, 0.25) is 0 Å². The van der Waals surface area contributed by atoms with Crippen LogP contribution in [-0.4, -0.2) is 41.9 Å². The zero-order chi connectivity index (χ0) is 13.3. The SMILES string of the molecule is CC1Sc2ccc(C(CO)N(C)C)cc2NC1=O. The number of fused-ring (bicyclic) bond motifs is 1. The highest BCUT2D eigenvalue weighted by Gasteiger charge is 2.24. The van der Waals surface area contributed by atoms with E-state index in [0.29, 0.717) is 0 Å². The number of thioether (sulfide) groups is 1. The van der Waals surface area contributed by atoms with E-state index in [1.54, 1.807) is 11.8 Å². The van der Waals surface area contributed by atoms with E-state index < -0.39 is 0 Å². The van der Waals surface area contributed by atoms with E-state index in [0.717, 1.165) is 16.1 Å². The molecule has 5 heteroatoms. The van der Waals surface area contributed by atoms with Crippen molar-refractivity contribution < 1.29 is 9.90 Å². The number of benzene rings is 1. The van der Waals surface area contributed by atoms with Crippen LogP contribution in [0.5, 0.6) is 0 Å².